The molecule has 2 heterocycles. The fraction of sp³-hybridized carbons (Fsp3) is 0.280. The van der Waals surface area contributed by atoms with Crippen molar-refractivity contribution in [2.24, 2.45) is 0 Å². The number of nitrogens with one attached hydrogen (secondary N) is 1. The zero-order valence-electron chi connectivity index (χ0n) is 17.5. The first kappa shape index (κ1) is 20.1. The third kappa shape index (κ3) is 5.67. The second-order valence-corrected chi connectivity index (χ2v) is 7.63. The Kier molecular flexibility index (Phi) is 6.72. The summed E-state index contributed by atoms with van der Waals surface area (Å²) in [4.78, 5) is 14.2. The molecule has 2 aromatic carbocycles. The number of piperazine rings is 1. The molecule has 1 aliphatic heterocycles. The highest BCUT2D eigenvalue weighted by molar-refractivity contribution is 5.49. The SMILES string of the molecule is Cc1cc(N2CCN(C/C=C/c3ccccc3)CC2)nc(NCc2ccccc2)n1. The summed E-state index contributed by atoms with van der Waals surface area (Å²) in [5.41, 5.74) is 3.47. The van der Waals surface area contributed by atoms with Crippen LogP contribution in [0.15, 0.2) is 72.8 Å². The highest BCUT2D eigenvalue weighted by atomic mass is 15.3. The molecular weight excluding hydrogens is 370 g/mol. The highest BCUT2D eigenvalue weighted by Gasteiger charge is 2.18. The van der Waals surface area contributed by atoms with E-state index in [2.05, 4.69) is 74.7 Å². The van der Waals surface area contributed by atoms with E-state index in [1.807, 2.05) is 31.2 Å². The molecule has 1 fully saturated rings. The molecule has 154 valence electrons. The van der Waals surface area contributed by atoms with Gasteiger partial charge >= 0.3 is 0 Å². The predicted octanol–water partition coefficient (Wildman–Crippen LogP) is 4.23. The monoisotopic (exact) mass is 399 g/mol. The van der Waals surface area contributed by atoms with Crippen LogP contribution in [0.5, 0.6) is 0 Å². The van der Waals surface area contributed by atoms with Gasteiger partial charge in [-0.05, 0) is 18.1 Å². The Morgan fingerprint density at radius 1 is 0.900 bits per heavy atom. The molecule has 0 aliphatic carbocycles. The lowest BCUT2D eigenvalue weighted by Crippen LogP contribution is -2.46. The minimum absolute atomic E-state index is 0.696. The molecule has 0 bridgehead atoms. The number of nitrogens with zero attached hydrogens (tertiary/aromatic N) is 4. The van der Waals surface area contributed by atoms with Crippen LogP contribution in [0.1, 0.15) is 16.8 Å². The van der Waals surface area contributed by atoms with E-state index in [-0.39, 0.29) is 0 Å². The molecule has 1 aromatic heterocycles. The molecule has 1 N–H and O–H groups in total. The maximum atomic E-state index is 4.77. The van der Waals surface area contributed by atoms with Gasteiger partial charge in [0.05, 0.1) is 0 Å². The Labute approximate surface area is 179 Å². The summed E-state index contributed by atoms with van der Waals surface area (Å²) in [7, 11) is 0. The molecule has 3 aromatic rings. The van der Waals surface area contributed by atoms with E-state index in [1.165, 1.54) is 11.1 Å². The molecule has 0 radical (unpaired) electrons. The van der Waals surface area contributed by atoms with Crippen LogP contribution in [0.3, 0.4) is 0 Å². The quantitative estimate of drug-likeness (QED) is 0.644. The van der Waals surface area contributed by atoms with E-state index < -0.39 is 0 Å². The van der Waals surface area contributed by atoms with Crippen LogP contribution in [-0.4, -0.2) is 47.6 Å². The van der Waals surface area contributed by atoms with Crippen molar-refractivity contribution in [2.45, 2.75) is 13.5 Å². The number of rotatable bonds is 7. The van der Waals surface area contributed by atoms with Crippen molar-refractivity contribution >= 4 is 17.8 Å². The molecule has 0 unspecified atom stereocenters. The van der Waals surface area contributed by atoms with E-state index in [0.29, 0.717) is 5.95 Å². The van der Waals surface area contributed by atoms with E-state index in [9.17, 15) is 0 Å². The number of hydrogen-bond donors (Lipinski definition) is 1. The standard InChI is InChI=1S/C25H29N5/c1-21-19-24(28-25(27-21)26-20-23-11-6-3-7-12-23)30-17-15-29(16-18-30)14-8-13-22-9-4-2-5-10-22/h2-13,19H,14-18,20H2,1H3,(H,26,27,28)/b13-8+. The summed E-state index contributed by atoms with van der Waals surface area (Å²) in [5.74, 6) is 1.71. The van der Waals surface area contributed by atoms with Crippen LogP contribution in [0, 0.1) is 6.92 Å². The van der Waals surface area contributed by atoms with Gasteiger partial charge in [0.1, 0.15) is 5.82 Å². The molecule has 5 heteroatoms. The van der Waals surface area contributed by atoms with Gasteiger partial charge in [0.25, 0.3) is 0 Å². The Hall–Kier alpha value is -3.18. The maximum absolute atomic E-state index is 4.77. The molecule has 30 heavy (non-hydrogen) atoms. The largest absolute Gasteiger partial charge is 0.354 e. The van der Waals surface area contributed by atoms with Gasteiger partial charge in [-0.25, -0.2) is 4.98 Å². The molecule has 5 nitrogen and oxygen atoms in total. The Balaban J connectivity index is 1.30. The lowest BCUT2D eigenvalue weighted by atomic mass is 10.2. The molecular formula is C25H29N5. The van der Waals surface area contributed by atoms with Crippen LogP contribution in [0.25, 0.3) is 6.08 Å². The Morgan fingerprint density at radius 2 is 1.60 bits per heavy atom. The summed E-state index contributed by atoms with van der Waals surface area (Å²) >= 11 is 0. The number of benzene rings is 2. The summed E-state index contributed by atoms with van der Waals surface area (Å²) in [5, 5.41) is 3.37. The lowest BCUT2D eigenvalue weighted by Gasteiger charge is -2.35. The summed E-state index contributed by atoms with van der Waals surface area (Å²) in [6, 6.07) is 22.9. The summed E-state index contributed by atoms with van der Waals surface area (Å²) < 4.78 is 0. The van der Waals surface area contributed by atoms with E-state index in [1.54, 1.807) is 0 Å². The second-order valence-electron chi connectivity index (χ2n) is 7.63. The van der Waals surface area contributed by atoms with E-state index in [4.69, 9.17) is 4.98 Å². The average molecular weight is 400 g/mol. The van der Waals surface area contributed by atoms with Crippen molar-refractivity contribution in [3.8, 4) is 0 Å². The first-order valence-corrected chi connectivity index (χ1v) is 10.6. The van der Waals surface area contributed by atoms with Crippen LogP contribution in [0.2, 0.25) is 0 Å². The van der Waals surface area contributed by atoms with Crippen LogP contribution < -0.4 is 10.2 Å². The molecule has 1 saturated heterocycles. The Bertz CT molecular complexity index is 948. The number of anilines is 2. The minimum atomic E-state index is 0.696. The van der Waals surface area contributed by atoms with Gasteiger partial charge in [-0.2, -0.15) is 4.98 Å². The van der Waals surface area contributed by atoms with Crippen molar-refractivity contribution in [1.29, 1.82) is 0 Å². The van der Waals surface area contributed by atoms with E-state index >= 15 is 0 Å². The van der Waals surface area contributed by atoms with Crippen molar-refractivity contribution in [2.75, 3.05) is 42.9 Å². The highest BCUT2D eigenvalue weighted by Crippen LogP contribution is 2.17. The van der Waals surface area contributed by atoms with Crippen molar-refractivity contribution in [3.05, 3.63) is 89.6 Å². The molecule has 0 spiro atoms. The lowest BCUT2D eigenvalue weighted by molar-refractivity contribution is 0.283. The predicted molar refractivity (Wildman–Crippen MR) is 125 cm³/mol. The molecule has 4 rings (SSSR count). The van der Waals surface area contributed by atoms with E-state index in [0.717, 1.165) is 50.8 Å². The molecule has 1 aliphatic rings. The normalized spacial score (nSPS) is 14.9. The molecule has 0 atom stereocenters. The first-order valence-electron chi connectivity index (χ1n) is 10.6. The van der Waals surface area contributed by atoms with Crippen molar-refractivity contribution < 1.29 is 0 Å². The van der Waals surface area contributed by atoms with Gasteiger partial charge in [0.2, 0.25) is 5.95 Å². The zero-order valence-corrected chi connectivity index (χ0v) is 17.5. The Morgan fingerprint density at radius 3 is 2.33 bits per heavy atom. The third-order valence-corrected chi connectivity index (χ3v) is 5.30. The molecule has 0 amide bonds. The van der Waals surface area contributed by atoms with Gasteiger partial charge in [-0.15, -0.1) is 0 Å². The van der Waals surface area contributed by atoms with Gasteiger partial charge in [0, 0.05) is 51.0 Å². The second kappa shape index (κ2) is 10.0. The number of hydrogen-bond acceptors (Lipinski definition) is 5. The van der Waals surface area contributed by atoms with Gasteiger partial charge < -0.3 is 10.2 Å². The smallest absolute Gasteiger partial charge is 0.225 e. The maximum Gasteiger partial charge on any atom is 0.225 e. The van der Waals surface area contributed by atoms with Crippen molar-refractivity contribution in [3.63, 3.8) is 0 Å². The van der Waals surface area contributed by atoms with Crippen LogP contribution >= 0.6 is 0 Å². The fourth-order valence-electron chi connectivity index (χ4n) is 3.63. The average Bonchev–Trinajstić information content (AvgIpc) is 2.79. The van der Waals surface area contributed by atoms with Gasteiger partial charge in [-0.1, -0.05) is 72.8 Å². The summed E-state index contributed by atoms with van der Waals surface area (Å²) in [6.45, 7) is 7.77. The van der Waals surface area contributed by atoms with Gasteiger partial charge in [-0.3, -0.25) is 4.90 Å². The first-order chi connectivity index (χ1) is 14.8. The van der Waals surface area contributed by atoms with Crippen LogP contribution in [-0.2, 0) is 6.54 Å². The third-order valence-electron chi connectivity index (χ3n) is 5.30. The number of aryl methyl sites for hydroxylation is 1. The van der Waals surface area contributed by atoms with Gasteiger partial charge in [0.15, 0.2) is 0 Å². The van der Waals surface area contributed by atoms with Crippen molar-refractivity contribution in [1.82, 2.24) is 14.9 Å². The molecule has 0 saturated carbocycles. The van der Waals surface area contributed by atoms with Crippen LogP contribution in [0.4, 0.5) is 11.8 Å². The topological polar surface area (TPSA) is 44.3 Å². The minimum Gasteiger partial charge on any atom is -0.354 e. The number of aromatic nitrogens is 2. The zero-order chi connectivity index (χ0) is 20.6. The summed E-state index contributed by atoms with van der Waals surface area (Å²) in [6.07, 6.45) is 4.45. The fourth-order valence-corrected chi connectivity index (χ4v) is 3.63.